The van der Waals surface area contributed by atoms with Gasteiger partial charge in [0.2, 0.25) is 0 Å². The van der Waals surface area contributed by atoms with Gasteiger partial charge in [-0.2, -0.15) is 0 Å². The van der Waals surface area contributed by atoms with Crippen molar-refractivity contribution in [3.8, 4) is 0 Å². The average molecular weight is 365 g/mol. The summed E-state index contributed by atoms with van der Waals surface area (Å²) in [6.45, 7) is 4.67. The average Bonchev–Trinajstić information content (AvgIpc) is 2.71. The lowest BCUT2D eigenvalue weighted by molar-refractivity contribution is 0.0267. The summed E-state index contributed by atoms with van der Waals surface area (Å²) in [7, 11) is 0. The van der Waals surface area contributed by atoms with E-state index in [4.69, 9.17) is 9.47 Å². The third kappa shape index (κ3) is 4.62. The van der Waals surface area contributed by atoms with Crippen molar-refractivity contribution in [3.63, 3.8) is 0 Å². The second kappa shape index (κ2) is 9.03. The maximum absolute atomic E-state index is 6.13. The Hall–Kier alpha value is -1.64. The molecule has 27 heavy (non-hydrogen) atoms. The molecule has 0 aromatic heterocycles. The fourth-order valence-electron chi connectivity index (χ4n) is 4.85. The lowest BCUT2D eigenvalue weighted by Gasteiger charge is -2.31. The number of hydrogen-bond donors (Lipinski definition) is 0. The minimum atomic E-state index is 0.264. The van der Waals surface area contributed by atoms with E-state index in [2.05, 4.69) is 55.5 Å². The van der Waals surface area contributed by atoms with Gasteiger partial charge in [0.05, 0.1) is 6.10 Å². The van der Waals surface area contributed by atoms with E-state index in [1.165, 1.54) is 47.9 Å². The molecule has 0 aliphatic heterocycles. The molecule has 0 heterocycles. The number of ether oxygens (including phenoxy) is 2. The molecule has 0 spiro atoms. The van der Waals surface area contributed by atoms with E-state index < -0.39 is 0 Å². The molecular formula is C25H32O2. The number of fused-ring (bicyclic) bond motifs is 2. The van der Waals surface area contributed by atoms with Gasteiger partial charge in [0, 0.05) is 19.8 Å². The summed E-state index contributed by atoms with van der Waals surface area (Å²) in [5.41, 5.74) is 5.94. The van der Waals surface area contributed by atoms with Gasteiger partial charge in [-0.3, -0.25) is 0 Å². The van der Waals surface area contributed by atoms with Gasteiger partial charge in [-0.1, -0.05) is 48.5 Å². The summed E-state index contributed by atoms with van der Waals surface area (Å²) < 4.78 is 12.2. The first-order valence-corrected chi connectivity index (χ1v) is 10.7. The molecule has 2 aliphatic carbocycles. The summed E-state index contributed by atoms with van der Waals surface area (Å²) in [4.78, 5) is 0. The monoisotopic (exact) mass is 364 g/mol. The van der Waals surface area contributed by atoms with Crippen LogP contribution in [0, 0.1) is 11.8 Å². The van der Waals surface area contributed by atoms with Crippen molar-refractivity contribution in [3.05, 3.63) is 70.8 Å². The van der Waals surface area contributed by atoms with Crippen molar-refractivity contribution >= 4 is 0 Å². The molecule has 0 fully saturated rings. The van der Waals surface area contributed by atoms with Gasteiger partial charge in [0.25, 0.3) is 0 Å². The van der Waals surface area contributed by atoms with E-state index in [1.807, 2.05) is 0 Å². The van der Waals surface area contributed by atoms with Gasteiger partial charge in [-0.15, -0.1) is 0 Å². The SMILES string of the molecule is CCOC1CC(CCOCC2CCc3ccccc3C2)Cc2ccccc21. The van der Waals surface area contributed by atoms with Crippen LogP contribution in [0.4, 0.5) is 0 Å². The van der Waals surface area contributed by atoms with Crippen LogP contribution in [-0.2, 0) is 28.7 Å². The van der Waals surface area contributed by atoms with Crippen molar-refractivity contribution in [1.29, 1.82) is 0 Å². The first kappa shape index (κ1) is 18.7. The summed E-state index contributed by atoms with van der Waals surface area (Å²) in [5.74, 6) is 1.35. The maximum Gasteiger partial charge on any atom is 0.0830 e. The van der Waals surface area contributed by atoms with Gasteiger partial charge < -0.3 is 9.47 Å². The molecule has 144 valence electrons. The Balaban J connectivity index is 1.24. The van der Waals surface area contributed by atoms with E-state index in [0.717, 1.165) is 32.7 Å². The molecule has 4 rings (SSSR count). The third-order valence-corrected chi connectivity index (χ3v) is 6.30. The molecule has 3 unspecified atom stereocenters. The molecule has 2 heteroatoms. The van der Waals surface area contributed by atoms with Crippen LogP contribution in [0.1, 0.15) is 54.5 Å². The minimum absolute atomic E-state index is 0.264. The van der Waals surface area contributed by atoms with Crippen LogP contribution >= 0.6 is 0 Å². The van der Waals surface area contributed by atoms with Gasteiger partial charge in [0.15, 0.2) is 0 Å². The first-order valence-electron chi connectivity index (χ1n) is 10.7. The van der Waals surface area contributed by atoms with Crippen LogP contribution in [0.15, 0.2) is 48.5 Å². The smallest absolute Gasteiger partial charge is 0.0830 e. The van der Waals surface area contributed by atoms with Crippen LogP contribution in [-0.4, -0.2) is 19.8 Å². The molecule has 0 radical (unpaired) electrons. The largest absolute Gasteiger partial charge is 0.381 e. The molecule has 0 N–H and O–H groups in total. The zero-order valence-electron chi connectivity index (χ0n) is 16.5. The quantitative estimate of drug-likeness (QED) is 0.601. The van der Waals surface area contributed by atoms with Crippen molar-refractivity contribution in [2.75, 3.05) is 19.8 Å². The minimum Gasteiger partial charge on any atom is -0.381 e. The highest BCUT2D eigenvalue weighted by atomic mass is 16.5. The first-order chi connectivity index (χ1) is 13.3. The molecule has 3 atom stereocenters. The standard InChI is InChI=1S/C25H32O2/c1-2-27-25-17-19(15-23-9-5-6-10-24(23)25)13-14-26-18-20-11-12-21-7-3-4-8-22(21)16-20/h3-10,19-20,25H,2,11-18H2,1H3. The molecule has 0 bridgehead atoms. The fourth-order valence-corrected chi connectivity index (χ4v) is 4.85. The Morgan fingerprint density at radius 1 is 0.889 bits per heavy atom. The van der Waals surface area contributed by atoms with E-state index >= 15 is 0 Å². The van der Waals surface area contributed by atoms with Crippen LogP contribution in [0.25, 0.3) is 0 Å². The zero-order valence-corrected chi connectivity index (χ0v) is 16.5. The number of rotatable bonds is 7. The molecular weight excluding hydrogens is 332 g/mol. The highest BCUT2D eigenvalue weighted by Crippen LogP contribution is 2.37. The van der Waals surface area contributed by atoms with Crippen molar-refractivity contribution in [2.45, 2.75) is 51.6 Å². The normalized spacial score (nSPS) is 24.3. The van der Waals surface area contributed by atoms with Crippen LogP contribution in [0.2, 0.25) is 0 Å². The second-order valence-electron chi connectivity index (χ2n) is 8.19. The number of hydrogen-bond acceptors (Lipinski definition) is 2. The van der Waals surface area contributed by atoms with Crippen LogP contribution in [0.5, 0.6) is 0 Å². The number of benzene rings is 2. The number of aryl methyl sites for hydroxylation is 1. The molecule has 0 saturated heterocycles. The van der Waals surface area contributed by atoms with Crippen molar-refractivity contribution < 1.29 is 9.47 Å². The van der Waals surface area contributed by atoms with Gasteiger partial charge in [-0.25, -0.2) is 0 Å². The fraction of sp³-hybridized carbons (Fsp3) is 0.520. The van der Waals surface area contributed by atoms with E-state index in [9.17, 15) is 0 Å². The van der Waals surface area contributed by atoms with Crippen molar-refractivity contribution in [2.24, 2.45) is 11.8 Å². The zero-order chi connectivity index (χ0) is 18.5. The van der Waals surface area contributed by atoms with Crippen LogP contribution < -0.4 is 0 Å². The van der Waals surface area contributed by atoms with E-state index in [0.29, 0.717) is 11.8 Å². The molecule has 2 aliphatic rings. The van der Waals surface area contributed by atoms with Gasteiger partial charge in [0.1, 0.15) is 0 Å². The van der Waals surface area contributed by atoms with Crippen molar-refractivity contribution in [1.82, 2.24) is 0 Å². The summed E-state index contributed by atoms with van der Waals surface area (Å²) >= 11 is 0. The topological polar surface area (TPSA) is 18.5 Å². The molecule has 2 nitrogen and oxygen atoms in total. The van der Waals surface area contributed by atoms with Gasteiger partial charge in [-0.05, 0) is 79.5 Å². The molecule has 2 aromatic rings. The Labute approximate surface area is 163 Å². The predicted molar refractivity (Wildman–Crippen MR) is 110 cm³/mol. The summed E-state index contributed by atoms with van der Waals surface area (Å²) in [5, 5.41) is 0. The highest BCUT2D eigenvalue weighted by molar-refractivity contribution is 5.32. The Bertz CT molecular complexity index is 739. The van der Waals surface area contributed by atoms with Gasteiger partial charge >= 0.3 is 0 Å². The second-order valence-corrected chi connectivity index (χ2v) is 8.19. The lowest BCUT2D eigenvalue weighted by Crippen LogP contribution is -2.23. The Morgan fingerprint density at radius 2 is 1.63 bits per heavy atom. The summed E-state index contributed by atoms with van der Waals surface area (Å²) in [6, 6.07) is 17.7. The maximum atomic E-state index is 6.13. The Kier molecular flexibility index (Phi) is 6.26. The molecule has 2 aromatic carbocycles. The highest BCUT2D eigenvalue weighted by Gasteiger charge is 2.27. The molecule has 0 amide bonds. The lowest BCUT2D eigenvalue weighted by atomic mass is 9.80. The summed E-state index contributed by atoms with van der Waals surface area (Å²) in [6.07, 6.45) is 7.35. The van der Waals surface area contributed by atoms with Crippen LogP contribution in [0.3, 0.4) is 0 Å². The van der Waals surface area contributed by atoms with E-state index in [1.54, 1.807) is 0 Å². The third-order valence-electron chi connectivity index (χ3n) is 6.30. The van der Waals surface area contributed by atoms with E-state index in [-0.39, 0.29) is 6.10 Å². The molecule has 0 saturated carbocycles. The Morgan fingerprint density at radius 3 is 2.48 bits per heavy atom. The predicted octanol–water partition coefficient (Wildman–Crippen LogP) is 5.54.